The quantitative estimate of drug-likeness (QED) is 0.866. The van der Waals surface area contributed by atoms with Crippen molar-refractivity contribution in [2.24, 2.45) is 0 Å². The molecule has 0 atom stereocenters. The summed E-state index contributed by atoms with van der Waals surface area (Å²) >= 11 is 0. The Bertz CT molecular complexity index is 734. The molecule has 3 rings (SSSR count). The standard InChI is InChI=1S/C17H18N2O4/c1-12-10-13(20)11-16(22-12)17(21)19-8-4-15(5-9-19)23-14-2-6-18-7-3-14/h2-3,6-7,10-11,15H,4-5,8-9H2,1H3. The molecular formula is C17H18N2O4. The lowest BCUT2D eigenvalue weighted by molar-refractivity contribution is 0.0562. The molecule has 120 valence electrons. The van der Waals surface area contributed by atoms with Crippen LogP contribution in [0.25, 0.3) is 0 Å². The molecule has 0 N–H and O–H groups in total. The van der Waals surface area contributed by atoms with Crippen molar-refractivity contribution in [1.82, 2.24) is 9.88 Å². The van der Waals surface area contributed by atoms with Gasteiger partial charge in [0.05, 0.1) is 0 Å². The minimum absolute atomic E-state index is 0.0750. The van der Waals surface area contributed by atoms with Gasteiger partial charge in [0.15, 0.2) is 11.2 Å². The van der Waals surface area contributed by atoms with E-state index in [2.05, 4.69) is 4.98 Å². The van der Waals surface area contributed by atoms with E-state index in [1.807, 2.05) is 12.1 Å². The molecule has 0 saturated carbocycles. The third-order valence-electron chi connectivity index (χ3n) is 3.78. The topological polar surface area (TPSA) is 72.6 Å². The van der Waals surface area contributed by atoms with Crippen molar-refractivity contribution in [3.63, 3.8) is 0 Å². The summed E-state index contributed by atoms with van der Waals surface area (Å²) in [6.45, 7) is 2.81. The highest BCUT2D eigenvalue weighted by Gasteiger charge is 2.26. The van der Waals surface area contributed by atoms with Gasteiger partial charge in [-0.25, -0.2) is 0 Å². The average molecular weight is 314 g/mol. The van der Waals surface area contributed by atoms with Crippen LogP contribution in [0.1, 0.15) is 29.2 Å². The minimum Gasteiger partial charge on any atom is -0.490 e. The molecule has 1 fully saturated rings. The third kappa shape index (κ3) is 3.77. The van der Waals surface area contributed by atoms with Gasteiger partial charge in [0.1, 0.15) is 17.6 Å². The zero-order valence-electron chi connectivity index (χ0n) is 12.9. The van der Waals surface area contributed by atoms with Crippen LogP contribution in [0.4, 0.5) is 0 Å². The van der Waals surface area contributed by atoms with Crippen LogP contribution in [0, 0.1) is 6.92 Å². The van der Waals surface area contributed by atoms with Crippen LogP contribution in [-0.4, -0.2) is 35.0 Å². The molecule has 23 heavy (non-hydrogen) atoms. The number of ether oxygens (including phenoxy) is 1. The maximum atomic E-state index is 12.4. The predicted octanol–water partition coefficient (Wildman–Crippen LogP) is 2.03. The highest BCUT2D eigenvalue weighted by molar-refractivity contribution is 5.91. The van der Waals surface area contributed by atoms with Gasteiger partial charge < -0.3 is 14.1 Å². The Labute approximate surface area is 133 Å². The number of nitrogens with zero attached hydrogens (tertiary/aromatic N) is 2. The molecule has 2 aromatic rings. The molecule has 1 aliphatic rings. The molecule has 1 amide bonds. The summed E-state index contributed by atoms with van der Waals surface area (Å²) in [6.07, 6.45) is 4.93. The molecule has 6 nitrogen and oxygen atoms in total. The van der Waals surface area contributed by atoms with E-state index in [4.69, 9.17) is 9.15 Å². The highest BCUT2D eigenvalue weighted by Crippen LogP contribution is 2.19. The number of amides is 1. The lowest BCUT2D eigenvalue weighted by Crippen LogP contribution is -2.42. The summed E-state index contributed by atoms with van der Waals surface area (Å²) in [5.74, 6) is 1.09. The van der Waals surface area contributed by atoms with E-state index in [1.165, 1.54) is 12.1 Å². The summed E-state index contributed by atoms with van der Waals surface area (Å²) in [5, 5.41) is 0. The SMILES string of the molecule is Cc1cc(=O)cc(C(=O)N2CCC(Oc3ccncc3)CC2)o1. The van der Waals surface area contributed by atoms with E-state index < -0.39 is 0 Å². The van der Waals surface area contributed by atoms with Gasteiger partial charge in [0.25, 0.3) is 5.91 Å². The van der Waals surface area contributed by atoms with Gasteiger partial charge in [-0.2, -0.15) is 0 Å². The van der Waals surface area contributed by atoms with Crippen molar-refractivity contribution < 1.29 is 13.9 Å². The number of rotatable bonds is 3. The van der Waals surface area contributed by atoms with Crippen LogP contribution in [0.15, 0.2) is 45.9 Å². The second-order valence-electron chi connectivity index (χ2n) is 5.56. The van der Waals surface area contributed by atoms with Gasteiger partial charge in [-0.05, 0) is 19.1 Å². The maximum Gasteiger partial charge on any atom is 0.289 e. The van der Waals surface area contributed by atoms with E-state index in [-0.39, 0.29) is 23.2 Å². The number of pyridine rings is 1. The number of hydrogen-bond donors (Lipinski definition) is 0. The molecule has 0 unspecified atom stereocenters. The molecule has 6 heteroatoms. The number of likely N-dealkylation sites (tertiary alicyclic amines) is 1. The molecule has 0 aromatic carbocycles. The Hall–Kier alpha value is -2.63. The van der Waals surface area contributed by atoms with Crippen molar-refractivity contribution in [2.45, 2.75) is 25.9 Å². The zero-order valence-corrected chi connectivity index (χ0v) is 12.9. The Kier molecular flexibility index (Phi) is 4.41. The Morgan fingerprint density at radius 2 is 1.96 bits per heavy atom. The van der Waals surface area contributed by atoms with E-state index in [9.17, 15) is 9.59 Å². The predicted molar refractivity (Wildman–Crippen MR) is 83.5 cm³/mol. The first kappa shape index (κ1) is 15.3. The molecule has 1 aliphatic heterocycles. The largest absolute Gasteiger partial charge is 0.490 e. The Morgan fingerprint density at radius 1 is 1.26 bits per heavy atom. The normalized spacial score (nSPS) is 15.4. The summed E-state index contributed by atoms with van der Waals surface area (Å²) in [6, 6.07) is 6.25. The second-order valence-corrected chi connectivity index (χ2v) is 5.56. The van der Waals surface area contributed by atoms with E-state index in [0.717, 1.165) is 18.6 Å². The highest BCUT2D eigenvalue weighted by atomic mass is 16.5. The first-order chi connectivity index (χ1) is 11.1. The molecule has 0 radical (unpaired) electrons. The summed E-state index contributed by atoms with van der Waals surface area (Å²) in [4.78, 5) is 29.6. The lowest BCUT2D eigenvalue weighted by atomic mass is 10.1. The van der Waals surface area contributed by atoms with Crippen LogP contribution in [0.5, 0.6) is 5.75 Å². The molecule has 0 bridgehead atoms. The van der Waals surface area contributed by atoms with Crippen molar-refractivity contribution in [3.8, 4) is 5.75 Å². The third-order valence-corrected chi connectivity index (χ3v) is 3.78. The number of aryl methyl sites for hydroxylation is 1. The molecule has 2 aromatic heterocycles. The molecule has 0 spiro atoms. The van der Waals surface area contributed by atoms with Crippen LogP contribution < -0.4 is 10.2 Å². The van der Waals surface area contributed by atoms with Crippen molar-refractivity contribution in [2.75, 3.05) is 13.1 Å². The fourth-order valence-corrected chi connectivity index (χ4v) is 2.65. The maximum absolute atomic E-state index is 12.4. The number of aromatic nitrogens is 1. The monoisotopic (exact) mass is 314 g/mol. The first-order valence-electron chi connectivity index (χ1n) is 7.59. The fourth-order valence-electron chi connectivity index (χ4n) is 2.65. The van der Waals surface area contributed by atoms with Crippen molar-refractivity contribution in [3.05, 3.63) is 58.4 Å². The summed E-state index contributed by atoms with van der Waals surface area (Å²) in [5.41, 5.74) is -0.215. The molecule has 3 heterocycles. The number of carbonyl (C=O) groups excluding carboxylic acids is 1. The lowest BCUT2D eigenvalue weighted by Gasteiger charge is -2.31. The van der Waals surface area contributed by atoms with Crippen LogP contribution >= 0.6 is 0 Å². The Morgan fingerprint density at radius 3 is 2.61 bits per heavy atom. The Balaban J connectivity index is 1.60. The van der Waals surface area contributed by atoms with Crippen LogP contribution in [0.2, 0.25) is 0 Å². The smallest absolute Gasteiger partial charge is 0.289 e. The average Bonchev–Trinajstić information content (AvgIpc) is 2.55. The minimum atomic E-state index is -0.242. The second kappa shape index (κ2) is 6.64. The van der Waals surface area contributed by atoms with Gasteiger partial charge in [0, 0.05) is 50.5 Å². The summed E-state index contributed by atoms with van der Waals surface area (Å²) in [7, 11) is 0. The summed E-state index contributed by atoms with van der Waals surface area (Å²) < 4.78 is 11.2. The van der Waals surface area contributed by atoms with Gasteiger partial charge in [-0.3, -0.25) is 14.6 Å². The van der Waals surface area contributed by atoms with Crippen LogP contribution in [-0.2, 0) is 0 Å². The van der Waals surface area contributed by atoms with Gasteiger partial charge in [-0.1, -0.05) is 0 Å². The van der Waals surface area contributed by atoms with Gasteiger partial charge >= 0.3 is 0 Å². The van der Waals surface area contributed by atoms with Crippen LogP contribution in [0.3, 0.4) is 0 Å². The van der Waals surface area contributed by atoms with E-state index in [1.54, 1.807) is 24.2 Å². The van der Waals surface area contributed by atoms with Crippen molar-refractivity contribution >= 4 is 5.91 Å². The molecular weight excluding hydrogens is 296 g/mol. The van der Waals surface area contributed by atoms with Crippen molar-refractivity contribution in [1.29, 1.82) is 0 Å². The van der Waals surface area contributed by atoms with E-state index >= 15 is 0 Å². The molecule has 1 saturated heterocycles. The fraction of sp³-hybridized carbons (Fsp3) is 0.353. The zero-order chi connectivity index (χ0) is 16.2. The molecule has 0 aliphatic carbocycles. The number of hydrogen-bond acceptors (Lipinski definition) is 5. The van der Waals surface area contributed by atoms with E-state index in [0.29, 0.717) is 18.8 Å². The first-order valence-corrected chi connectivity index (χ1v) is 7.59. The number of carbonyl (C=O) groups is 1. The van der Waals surface area contributed by atoms with Gasteiger partial charge in [-0.15, -0.1) is 0 Å². The number of piperidine rings is 1. The van der Waals surface area contributed by atoms with Gasteiger partial charge in [0.2, 0.25) is 0 Å².